The van der Waals surface area contributed by atoms with Gasteiger partial charge in [-0.1, -0.05) is 36.4 Å². The molecule has 1 atom stereocenters. The van der Waals surface area contributed by atoms with Gasteiger partial charge in [0.15, 0.2) is 0 Å². The minimum Gasteiger partial charge on any atom is -0.497 e. The summed E-state index contributed by atoms with van der Waals surface area (Å²) in [7, 11) is 3.19. The zero-order chi connectivity index (χ0) is 23.5. The molecule has 0 unspecified atom stereocenters. The first-order chi connectivity index (χ1) is 16.7. The monoisotopic (exact) mass is 455 g/mol. The van der Waals surface area contributed by atoms with Crippen LogP contribution in [0.5, 0.6) is 17.2 Å². The second-order valence-electron chi connectivity index (χ2n) is 7.94. The normalized spacial score (nSPS) is 14.6. The molecule has 1 aliphatic heterocycles. The van der Waals surface area contributed by atoms with E-state index in [-0.39, 0.29) is 11.9 Å². The number of amides is 1. The number of hydrogen-bond acceptors (Lipinski definition) is 5. The molecule has 7 heteroatoms. The van der Waals surface area contributed by atoms with Crippen LogP contribution >= 0.6 is 0 Å². The molecule has 0 saturated heterocycles. The molecule has 172 valence electrons. The summed E-state index contributed by atoms with van der Waals surface area (Å²) in [5.41, 5.74) is 3.51. The van der Waals surface area contributed by atoms with Crippen molar-refractivity contribution in [3.63, 3.8) is 0 Å². The fourth-order valence-corrected chi connectivity index (χ4v) is 4.17. The van der Waals surface area contributed by atoms with Crippen molar-refractivity contribution in [2.45, 2.75) is 12.5 Å². The van der Waals surface area contributed by atoms with Gasteiger partial charge in [-0.05, 0) is 30.3 Å². The molecule has 34 heavy (non-hydrogen) atoms. The van der Waals surface area contributed by atoms with E-state index < -0.39 is 0 Å². The second-order valence-corrected chi connectivity index (χ2v) is 7.94. The Balaban J connectivity index is 1.56. The van der Waals surface area contributed by atoms with Gasteiger partial charge in [0.05, 0.1) is 38.1 Å². The van der Waals surface area contributed by atoms with Crippen LogP contribution in [0.1, 0.15) is 28.4 Å². The highest BCUT2D eigenvalue weighted by Gasteiger charge is 2.27. The number of hydrogen-bond donors (Lipinski definition) is 1. The van der Waals surface area contributed by atoms with E-state index in [4.69, 9.17) is 19.3 Å². The molecular formula is C27H25N3O4. The molecule has 4 aromatic rings. The summed E-state index contributed by atoms with van der Waals surface area (Å²) in [6.07, 6.45) is 2.45. The maximum Gasteiger partial charge on any atom is 0.255 e. The third-order valence-electron chi connectivity index (χ3n) is 5.91. The standard InChI is InChI=1S/C27H25N3O4/c1-32-19-12-13-21(25(16-19)33-2)26-22(17-30(29-26)18-8-4-3-5-9-18)27(31)28-23-14-15-34-24-11-7-6-10-20(23)24/h3-13,16-17,23H,14-15H2,1-2H3,(H,28,31)/t23-/m1/s1. The number of aromatic nitrogens is 2. The summed E-state index contributed by atoms with van der Waals surface area (Å²) >= 11 is 0. The maximum atomic E-state index is 13.6. The molecule has 0 aliphatic carbocycles. The molecule has 1 aliphatic rings. The highest BCUT2D eigenvalue weighted by molar-refractivity contribution is 6.00. The molecule has 1 amide bonds. The molecule has 0 saturated carbocycles. The number of benzene rings is 3. The van der Waals surface area contributed by atoms with E-state index in [9.17, 15) is 4.79 Å². The van der Waals surface area contributed by atoms with Crippen molar-refractivity contribution >= 4 is 5.91 Å². The molecule has 2 heterocycles. The van der Waals surface area contributed by atoms with Crippen LogP contribution in [0, 0.1) is 0 Å². The summed E-state index contributed by atoms with van der Waals surface area (Å²) in [5.74, 6) is 1.82. The van der Waals surface area contributed by atoms with Crippen molar-refractivity contribution in [2.24, 2.45) is 0 Å². The third kappa shape index (κ3) is 4.08. The predicted molar refractivity (Wildman–Crippen MR) is 129 cm³/mol. The Morgan fingerprint density at radius 1 is 1.03 bits per heavy atom. The van der Waals surface area contributed by atoms with Crippen LogP contribution in [0.4, 0.5) is 0 Å². The maximum absolute atomic E-state index is 13.6. The fraction of sp³-hybridized carbons (Fsp3) is 0.185. The van der Waals surface area contributed by atoms with E-state index in [0.29, 0.717) is 41.3 Å². The molecule has 1 N–H and O–H groups in total. The number of carbonyl (C=O) groups excluding carboxylic acids is 1. The van der Waals surface area contributed by atoms with Crippen LogP contribution in [-0.4, -0.2) is 36.5 Å². The van der Waals surface area contributed by atoms with Crippen molar-refractivity contribution in [2.75, 3.05) is 20.8 Å². The minimum atomic E-state index is -0.211. The van der Waals surface area contributed by atoms with Crippen LogP contribution in [-0.2, 0) is 0 Å². The van der Waals surface area contributed by atoms with Gasteiger partial charge < -0.3 is 19.5 Å². The number of methoxy groups -OCH3 is 2. The lowest BCUT2D eigenvalue weighted by molar-refractivity contribution is 0.0925. The van der Waals surface area contributed by atoms with E-state index in [0.717, 1.165) is 17.0 Å². The zero-order valence-electron chi connectivity index (χ0n) is 19.0. The Bertz CT molecular complexity index is 1320. The Hall–Kier alpha value is -4.26. The van der Waals surface area contributed by atoms with Crippen LogP contribution in [0.25, 0.3) is 16.9 Å². The average molecular weight is 456 g/mol. The van der Waals surface area contributed by atoms with E-state index in [2.05, 4.69) is 5.32 Å². The summed E-state index contributed by atoms with van der Waals surface area (Å²) in [6, 6.07) is 22.8. The number of carbonyl (C=O) groups is 1. The number of nitrogens with one attached hydrogen (secondary N) is 1. The molecule has 1 aromatic heterocycles. The van der Waals surface area contributed by atoms with Crippen LogP contribution in [0.2, 0.25) is 0 Å². The van der Waals surface area contributed by atoms with Gasteiger partial charge >= 0.3 is 0 Å². The van der Waals surface area contributed by atoms with Gasteiger partial charge in [-0.3, -0.25) is 4.79 Å². The van der Waals surface area contributed by atoms with Crippen LogP contribution in [0.3, 0.4) is 0 Å². The first-order valence-electron chi connectivity index (χ1n) is 11.1. The predicted octanol–water partition coefficient (Wildman–Crippen LogP) is 4.81. The number of fused-ring (bicyclic) bond motifs is 1. The fourth-order valence-electron chi connectivity index (χ4n) is 4.17. The van der Waals surface area contributed by atoms with Crippen LogP contribution < -0.4 is 19.5 Å². The van der Waals surface area contributed by atoms with E-state index >= 15 is 0 Å². The lowest BCUT2D eigenvalue weighted by atomic mass is 9.99. The molecule has 0 spiro atoms. The number of rotatable bonds is 6. The molecule has 0 radical (unpaired) electrons. The first kappa shape index (κ1) is 21.6. The molecule has 5 rings (SSSR count). The van der Waals surface area contributed by atoms with E-state index in [1.807, 2.05) is 66.7 Å². The van der Waals surface area contributed by atoms with E-state index in [1.165, 1.54) is 0 Å². The SMILES string of the molecule is COc1ccc(-c2nn(-c3ccccc3)cc2C(=O)N[C@@H]2CCOc3ccccc32)c(OC)c1. The third-order valence-corrected chi connectivity index (χ3v) is 5.91. The van der Waals surface area contributed by atoms with Crippen molar-refractivity contribution < 1.29 is 19.0 Å². The Labute approximate surface area is 197 Å². The van der Waals surface area contributed by atoms with Crippen molar-refractivity contribution in [3.8, 4) is 34.2 Å². The van der Waals surface area contributed by atoms with Crippen molar-refractivity contribution in [1.29, 1.82) is 0 Å². The van der Waals surface area contributed by atoms with Crippen molar-refractivity contribution in [1.82, 2.24) is 15.1 Å². The van der Waals surface area contributed by atoms with Crippen LogP contribution in [0.15, 0.2) is 79.0 Å². The average Bonchev–Trinajstić information content (AvgIpc) is 3.34. The quantitative estimate of drug-likeness (QED) is 0.452. The van der Waals surface area contributed by atoms with Gasteiger partial charge in [0.25, 0.3) is 5.91 Å². The summed E-state index contributed by atoms with van der Waals surface area (Å²) < 4.78 is 18.4. The summed E-state index contributed by atoms with van der Waals surface area (Å²) in [6.45, 7) is 0.546. The molecule has 0 bridgehead atoms. The summed E-state index contributed by atoms with van der Waals surface area (Å²) in [4.78, 5) is 13.6. The van der Waals surface area contributed by atoms with Gasteiger partial charge in [0, 0.05) is 29.8 Å². The second kappa shape index (κ2) is 9.31. The van der Waals surface area contributed by atoms with E-state index in [1.54, 1.807) is 31.2 Å². The zero-order valence-corrected chi connectivity index (χ0v) is 19.0. The topological polar surface area (TPSA) is 74.6 Å². The summed E-state index contributed by atoms with van der Waals surface area (Å²) in [5, 5.41) is 7.97. The highest BCUT2D eigenvalue weighted by atomic mass is 16.5. The largest absolute Gasteiger partial charge is 0.497 e. The molecule has 3 aromatic carbocycles. The Kier molecular flexibility index (Phi) is 5.91. The smallest absolute Gasteiger partial charge is 0.255 e. The molecular weight excluding hydrogens is 430 g/mol. The number of ether oxygens (including phenoxy) is 3. The van der Waals surface area contributed by atoms with Gasteiger partial charge in [0.1, 0.15) is 22.9 Å². The van der Waals surface area contributed by atoms with Gasteiger partial charge in [0.2, 0.25) is 0 Å². The lowest BCUT2D eigenvalue weighted by Crippen LogP contribution is -2.32. The highest BCUT2D eigenvalue weighted by Crippen LogP contribution is 2.36. The van der Waals surface area contributed by atoms with Gasteiger partial charge in [-0.2, -0.15) is 5.10 Å². The Morgan fingerprint density at radius 3 is 2.62 bits per heavy atom. The lowest BCUT2D eigenvalue weighted by Gasteiger charge is -2.26. The minimum absolute atomic E-state index is 0.150. The first-order valence-corrected chi connectivity index (χ1v) is 11.1. The van der Waals surface area contributed by atoms with Gasteiger partial charge in [-0.25, -0.2) is 4.68 Å². The molecule has 0 fully saturated rings. The molecule has 7 nitrogen and oxygen atoms in total. The van der Waals surface area contributed by atoms with Crippen molar-refractivity contribution in [3.05, 3.63) is 90.1 Å². The number of nitrogens with zero attached hydrogens (tertiary/aromatic N) is 2. The van der Waals surface area contributed by atoms with Gasteiger partial charge in [-0.15, -0.1) is 0 Å². The Morgan fingerprint density at radius 2 is 1.82 bits per heavy atom. The number of para-hydroxylation sites is 2.